The summed E-state index contributed by atoms with van der Waals surface area (Å²) in [6.07, 6.45) is 3.19. The van der Waals surface area contributed by atoms with Crippen LogP contribution in [0.3, 0.4) is 0 Å². The number of nitrogens with one attached hydrogen (secondary N) is 1. The van der Waals surface area contributed by atoms with E-state index in [0.717, 1.165) is 16.8 Å². The number of benzene rings is 1. The highest BCUT2D eigenvalue weighted by atomic mass is 35.5. The lowest BCUT2D eigenvalue weighted by atomic mass is 10.1. The Hall–Kier alpha value is -2.07. The largest absolute Gasteiger partial charge is 0.353 e. The van der Waals surface area contributed by atoms with Gasteiger partial charge in [0, 0.05) is 18.2 Å². The molecule has 1 aromatic carbocycles. The molecule has 1 aromatic heterocycles. The van der Waals surface area contributed by atoms with Crippen LogP contribution in [0.15, 0.2) is 30.3 Å². The molecule has 0 bridgehead atoms. The number of aryl methyl sites for hydroxylation is 2. The minimum Gasteiger partial charge on any atom is -0.353 e. The zero-order chi connectivity index (χ0) is 16.1. The van der Waals surface area contributed by atoms with E-state index in [9.17, 15) is 4.79 Å². The van der Waals surface area contributed by atoms with Gasteiger partial charge in [-0.25, -0.2) is 4.68 Å². The van der Waals surface area contributed by atoms with Crippen LogP contribution in [0.5, 0.6) is 0 Å². The first-order valence-electron chi connectivity index (χ1n) is 7.25. The first-order chi connectivity index (χ1) is 10.5. The third-order valence-corrected chi connectivity index (χ3v) is 3.71. The number of amides is 1. The van der Waals surface area contributed by atoms with Crippen molar-refractivity contribution in [2.24, 2.45) is 0 Å². The highest BCUT2D eigenvalue weighted by Gasteiger charge is 2.11. The van der Waals surface area contributed by atoms with Crippen LogP contribution in [0.2, 0.25) is 5.15 Å². The number of hydrogen-bond donors (Lipinski definition) is 1. The van der Waals surface area contributed by atoms with Gasteiger partial charge in [-0.3, -0.25) is 4.79 Å². The van der Waals surface area contributed by atoms with E-state index in [1.807, 2.05) is 13.8 Å². The molecule has 0 unspecified atom stereocenters. The maximum atomic E-state index is 11.5. The average Bonchev–Trinajstić information content (AvgIpc) is 2.74. The Bertz CT molecular complexity index is 687. The molecule has 0 aliphatic carbocycles. The van der Waals surface area contributed by atoms with Gasteiger partial charge in [0.2, 0.25) is 5.91 Å². The van der Waals surface area contributed by atoms with Crippen molar-refractivity contribution in [1.29, 1.82) is 0 Å². The van der Waals surface area contributed by atoms with Crippen molar-refractivity contribution in [2.45, 2.75) is 27.3 Å². The van der Waals surface area contributed by atoms with E-state index in [-0.39, 0.29) is 5.91 Å². The van der Waals surface area contributed by atoms with Gasteiger partial charge in [0.15, 0.2) is 0 Å². The summed E-state index contributed by atoms with van der Waals surface area (Å²) in [4.78, 5) is 11.5. The maximum absolute atomic E-state index is 11.5. The van der Waals surface area contributed by atoms with Crippen LogP contribution in [0.1, 0.15) is 29.3 Å². The number of aromatic nitrogens is 2. The number of likely N-dealkylation sites (N-methyl/N-ethyl adjacent to an activating group) is 1. The second kappa shape index (κ2) is 7.27. The first kappa shape index (κ1) is 16.3. The Labute approximate surface area is 135 Å². The fourth-order valence-corrected chi connectivity index (χ4v) is 2.42. The summed E-state index contributed by atoms with van der Waals surface area (Å²) >= 11 is 6.39. The van der Waals surface area contributed by atoms with Crippen LogP contribution < -0.4 is 5.32 Å². The lowest BCUT2D eigenvalue weighted by Crippen LogP contribution is -2.19. The van der Waals surface area contributed by atoms with Gasteiger partial charge in [-0.1, -0.05) is 41.4 Å². The summed E-state index contributed by atoms with van der Waals surface area (Å²) < 4.78 is 1.75. The minimum absolute atomic E-state index is 0.135. The summed E-state index contributed by atoms with van der Waals surface area (Å²) in [6, 6.07) is 8.25. The van der Waals surface area contributed by atoms with Gasteiger partial charge in [-0.05, 0) is 32.4 Å². The highest BCUT2D eigenvalue weighted by molar-refractivity contribution is 6.31. The number of halogens is 1. The fraction of sp³-hybridized carbons (Fsp3) is 0.294. The van der Waals surface area contributed by atoms with Gasteiger partial charge in [-0.15, -0.1) is 0 Å². The SMILES string of the molecule is CCNC(=O)/C=C/c1c(C)nn(Cc2ccc(C)cc2)c1Cl. The molecule has 2 aromatic rings. The second-order valence-corrected chi connectivity index (χ2v) is 5.52. The third kappa shape index (κ3) is 3.98. The summed E-state index contributed by atoms with van der Waals surface area (Å²) in [5, 5.41) is 7.70. The van der Waals surface area contributed by atoms with E-state index >= 15 is 0 Å². The maximum Gasteiger partial charge on any atom is 0.243 e. The lowest BCUT2D eigenvalue weighted by molar-refractivity contribution is -0.116. The van der Waals surface area contributed by atoms with Gasteiger partial charge in [-0.2, -0.15) is 5.10 Å². The van der Waals surface area contributed by atoms with E-state index < -0.39 is 0 Å². The second-order valence-electron chi connectivity index (χ2n) is 5.16. The molecule has 22 heavy (non-hydrogen) atoms. The quantitative estimate of drug-likeness (QED) is 0.860. The van der Waals surface area contributed by atoms with Gasteiger partial charge >= 0.3 is 0 Å². The Balaban J connectivity index is 2.19. The smallest absolute Gasteiger partial charge is 0.243 e. The molecular formula is C17H20ClN3O. The minimum atomic E-state index is -0.135. The van der Waals surface area contributed by atoms with Gasteiger partial charge in [0.1, 0.15) is 5.15 Å². The molecule has 1 heterocycles. The normalized spacial score (nSPS) is 11.1. The van der Waals surface area contributed by atoms with E-state index in [2.05, 4.69) is 41.6 Å². The summed E-state index contributed by atoms with van der Waals surface area (Å²) in [5.41, 5.74) is 3.93. The number of carbonyl (C=O) groups is 1. The Kier molecular flexibility index (Phi) is 5.39. The molecule has 0 fully saturated rings. The number of hydrogen-bond acceptors (Lipinski definition) is 2. The average molecular weight is 318 g/mol. The predicted octanol–water partition coefficient (Wildman–Crippen LogP) is 3.35. The lowest BCUT2D eigenvalue weighted by Gasteiger charge is -2.04. The standard InChI is InChI=1S/C17H20ClN3O/c1-4-19-16(22)10-9-15-13(3)20-21(17(15)18)11-14-7-5-12(2)6-8-14/h5-10H,4,11H2,1-3H3,(H,19,22)/b10-9+. The van der Waals surface area contributed by atoms with Crippen molar-refractivity contribution in [3.05, 3.63) is 57.9 Å². The summed E-state index contributed by atoms with van der Waals surface area (Å²) in [5.74, 6) is -0.135. The van der Waals surface area contributed by atoms with E-state index in [1.54, 1.807) is 10.8 Å². The van der Waals surface area contributed by atoms with Crippen LogP contribution in [0, 0.1) is 13.8 Å². The molecular weight excluding hydrogens is 298 g/mol. The molecule has 1 N–H and O–H groups in total. The monoisotopic (exact) mass is 317 g/mol. The summed E-state index contributed by atoms with van der Waals surface area (Å²) in [6.45, 7) is 7.02. The molecule has 4 nitrogen and oxygen atoms in total. The van der Waals surface area contributed by atoms with Crippen molar-refractivity contribution < 1.29 is 4.79 Å². The molecule has 0 saturated carbocycles. The van der Waals surface area contributed by atoms with Crippen molar-refractivity contribution >= 4 is 23.6 Å². The molecule has 0 atom stereocenters. The molecule has 0 aliphatic rings. The molecule has 0 saturated heterocycles. The number of nitrogens with zero attached hydrogens (tertiary/aromatic N) is 2. The Morgan fingerprint density at radius 1 is 1.32 bits per heavy atom. The van der Waals surface area contributed by atoms with Gasteiger partial charge < -0.3 is 5.32 Å². The van der Waals surface area contributed by atoms with E-state index in [1.165, 1.54) is 11.6 Å². The molecule has 5 heteroatoms. The van der Waals surface area contributed by atoms with Crippen molar-refractivity contribution in [3.8, 4) is 0 Å². The van der Waals surface area contributed by atoms with Crippen molar-refractivity contribution in [3.63, 3.8) is 0 Å². The Morgan fingerprint density at radius 3 is 2.64 bits per heavy atom. The van der Waals surface area contributed by atoms with Crippen LogP contribution in [-0.4, -0.2) is 22.2 Å². The van der Waals surface area contributed by atoms with Gasteiger partial charge in [0.25, 0.3) is 0 Å². The van der Waals surface area contributed by atoms with Crippen LogP contribution in [0.25, 0.3) is 6.08 Å². The highest BCUT2D eigenvalue weighted by Crippen LogP contribution is 2.22. The van der Waals surface area contributed by atoms with Crippen molar-refractivity contribution in [1.82, 2.24) is 15.1 Å². The zero-order valence-corrected chi connectivity index (χ0v) is 13.8. The van der Waals surface area contributed by atoms with Gasteiger partial charge in [0.05, 0.1) is 12.2 Å². The van der Waals surface area contributed by atoms with Crippen LogP contribution in [-0.2, 0) is 11.3 Å². The molecule has 2 rings (SSSR count). The molecule has 0 spiro atoms. The first-order valence-corrected chi connectivity index (χ1v) is 7.63. The fourth-order valence-electron chi connectivity index (χ4n) is 2.12. The number of carbonyl (C=O) groups excluding carboxylic acids is 1. The molecule has 0 aliphatic heterocycles. The topological polar surface area (TPSA) is 46.9 Å². The van der Waals surface area contributed by atoms with E-state index in [0.29, 0.717) is 18.2 Å². The number of rotatable bonds is 5. The molecule has 116 valence electrons. The van der Waals surface area contributed by atoms with Crippen LogP contribution in [0.4, 0.5) is 0 Å². The third-order valence-electron chi connectivity index (χ3n) is 3.31. The Morgan fingerprint density at radius 2 is 2.00 bits per heavy atom. The van der Waals surface area contributed by atoms with Crippen molar-refractivity contribution in [2.75, 3.05) is 6.54 Å². The zero-order valence-electron chi connectivity index (χ0n) is 13.1. The van der Waals surface area contributed by atoms with E-state index in [4.69, 9.17) is 11.6 Å². The molecule has 0 radical (unpaired) electrons. The molecule has 1 amide bonds. The summed E-state index contributed by atoms with van der Waals surface area (Å²) in [7, 11) is 0. The predicted molar refractivity (Wildman–Crippen MR) is 90.0 cm³/mol. The van der Waals surface area contributed by atoms with Crippen LogP contribution >= 0.6 is 11.6 Å².